The maximum atomic E-state index is 14.9. The molecule has 3 saturated carbocycles. The Bertz CT molecular complexity index is 2370. The third kappa shape index (κ3) is 8.24. The number of methoxy groups -OCH3 is 1. The van der Waals surface area contributed by atoms with E-state index in [-0.39, 0.29) is 54.4 Å². The summed E-state index contributed by atoms with van der Waals surface area (Å²) in [6, 6.07) is 10.0. The lowest BCUT2D eigenvalue weighted by Crippen LogP contribution is -2.61. The zero-order chi connectivity index (χ0) is 43.7. The van der Waals surface area contributed by atoms with Gasteiger partial charge >= 0.3 is 5.97 Å². The van der Waals surface area contributed by atoms with Crippen molar-refractivity contribution in [2.45, 2.75) is 135 Å². The smallest absolute Gasteiger partial charge is 0.324 e. The van der Waals surface area contributed by atoms with Crippen LogP contribution in [0.3, 0.4) is 0 Å². The highest BCUT2D eigenvalue weighted by Gasteiger charge is 2.51. The summed E-state index contributed by atoms with van der Waals surface area (Å²) in [5.74, 6) is -0.613. The fourth-order valence-electron chi connectivity index (χ4n) is 10.7. The third-order valence-electron chi connectivity index (χ3n) is 14.9. The number of nitrogens with one attached hydrogen (secondary N) is 2. The van der Waals surface area contributed by atoms with Gasteiger partial charge < -0.3 is 24.1 Å². The molecule has 5 fully saturated rings. The van der Waals surface area contributed by atoms with E-state index in [1.165, 1.54) is 34.8 Å². The van der Waals surface area contributed by atoms with Crippen LogP contribution < -0.4 is 10.7 Å². The standard InChI is InChI=1S/C49H63N7O6S/c1-27-28(2)40(27)45(57)52-42-44(62-33-11-7-8-12-33)46-51-38(25-63-46)30-15-18-39-35(21-30)36(22-49(4,5)26-61-48(59)37-14-10-20-55(53-37)47(42)58)43(34-13-9-19-50-41(34)29(3)60-6)56(39)32-23-54(24-32)31-16-17-31/h9,13,15,18-19,21,25,27-29,31-33,37,40,42,44,53H,7-8,10-12,14,16-17,20,22-24,26H2,1-6H3,(H,52,57)/t27-,28+,29-,37-,40?,42-,44-/m0/s1. The lowest BCUT2D eigenvalue weighted by atomic mass is 9.84. The van der Waals surface area contributed by atoms with Crippen LogP contribution in [0.5, 0.6) is 0 Å². The number of rotatable bonds is 9. The van der Waals surface area contributed by atoms with Gasteiger partial charge in [0.1, 0.15) is 23.2 Å². The zero-order valence-corrected chi connectivity index (χ0v) is 38.4. The maximum absolute atomic E-state index is 14.9. The molecule has 6 bridgehead atoms. The number of likely N-dealkylation sites (tertiary alicyclic amines) is 1. The average molecular weight is 878 g/mol. The lowest BCUT2D eigenvalue weighted by molar-refractivity contribution is -0.157. The van der Waals surface area contributed by atoms with Gasteiger partial charge in [0.15, 0.2) is 0 Å². The Balaban J connectivity index is 1.13. The first-order valence-electron chi connectivity index (χ1n) is 23.4. The SMILES string of the molecule is CO[C@@H](C)c1ncccc1-c1c2c3cc(ccc3n1C1CN(C3CC3)C1)-c1csc(n1)[C@@H](OC1CCCC1)[C@H](NC(=O)C1[C@@H](C)[C@H]1C)C(=O)N1CCC[C@H](N1)C(=O)OCC(C)(C)C2. The van der Waals surface area contributed by atoms with Crippen LogP contribution in [0.15, 0.2) is 41.9 Å². The molecule has 0 radical (unpaired) electrons. The minimum absolute atomic E-state index is 0.0655. The second-order valence-corrected chi connectivity index (χ2v) is 21.0. The molecule has 13 nitrogen and oxygen atoms in total. The van der Waals surface area contributed by atoms with E-state index in [1.807, 2.05) is 19.2 Å². The summed E-state index contributed by atoms with van der Waals surface area (Å²) in [6.45, 7) is 13.1. The first kappa shape index (κ1) is 42.7. The fraction of sp³-hybridized carbons (Fsp3) is 0.612. The number of nitrogens with zero attached hydrogens (tertiary/aromatic N) is 5. The topological polar surface area (TPSA) is 140 Å². The van der Waals surface area contributed by atoms with Gasteiger partial charge in [-0.1, -0.05) is 46.6 Å². The predicted molar refractivity (Wildman–Crippen MR) is 241 cm³/mol. The Morgan fingerprint density at radius 1 is 1.03 bits per heavy atom. The van der Waals surface area contributed by atoms with Crippen LogP contribution in [0.25, 0.3) is 33.4 Å². The van der Waals surface area contributed by atoms with Crippen LogP contribution in [-0.4, -0.2) is 99.8 Å². The van der Waals surface area contributed by atoms with E-state index in [0.29, 0.717) is 36.9 Å². The van der Waals surface area contributed by atoms with E-state index in [1.54, 1.807) is 7.11 Å². The molecule has 10 rings (SSSR count). The summed E-state index contributed by atoms with van der Waals surface area (Å²) >= 11 is 1.47. The largest absolute Gasteiger partial charge is 0.464 e. The first-order chi connectivity index (χ1) is 30.4. The summed E-state index contributed by atoms with van der Waals surface area (Å²) in [6.07, 6.45) is 8.86. The third-order valence-corrected chi connectivity index (χ3v) is 15.9. The number of carbonyl (C=O) groups excluding carboxylic acids is 3. The summed E-state index contributed by atoms with van der Waals surface area (Å²) in [5.41, 5.74) is 9.90. The van der Waals surface area contributed by atoms with Crippen molar-refractivity contribution >= 4 is 40.0 Å². The quantitative estimate of drug-likeness (QED) is 0.162. The van der Waals surface area contributed by atoms with Crippen molar-refractivity contribution in [1.82, 2.24) is 35.2 Å². The van der Waals surface area contributed by atoms with E-state index < -0.39 is 29.6 Å². The van der Waals surface area contributed by atoms with Gasteiger partial charge in [-0.05, 0) is 93.5 Å². The Labute approximate surface area is 374 Å². The van der Waals surface area contributed by atoms with E-state index in [4.69, 9.17) is 24.2 Å². The molecule has 3 aliphatic carbocycles. The molecule has 7 atom stereocenters. The molecule has 336 valence electrons. The van der Waals surface area contributed by atoms with Gasteiger partial charge in [0.2, 0.25) is 5.91 Å². The van der Waals surface area contributed by atoms with Gasteiger partial charge in [-0.15, -0.1) is 11.3 Å². The zero-order valence-electron chi connectivity index (χ0n) is 37.6. The number of pyridine rings is 1. The van der Waals surface area contributed by atoms with Crippen molar-refractivity contribution in [1.29, 1.82) is 0 Å². The predicted octanol–water partition coefficient (Wildman–Crippen LogP) is 7.56. The molecular formula is C49H63N7O6S. The molecule has 4 aromatic rings. The molecule has 0 spiro atoms. The minimum Gasteiger partial charge on any atom is -0.464 e. The van der Waals surface area contributed by atoms with Crippen LogP contribution in [0.2, 0.25) is 0 Å². The molecule has 6 heterocycles. The monoisotopic (exact) mass is 877 g/mol. The molecule has 3 aliphatic heterocycles. The highest BCUT2D eigenvalue weighted by Crippen LogP contribution is 2.48. The van der Waals surface area contributed by atoms with Crippen molar-refractivity contribution in [3.8, 4) is 22.5 Å². The number of benzene rings is 1. The number of hydrazine groups is 1. The number of hydrogen-bond donors (Lipinski definition) is 2. The molecule has 2 saturated heterocycles. The van der Waals surface area contributed by atoms with E-state index >= 15 is 0 Å². The van der Waals surface area contributed by atoms with Gasteiger partial charge in [0.25, 0.3) is 5.91 Å². The number of aromatic nitrogens is 3. The lowest BCUT2D eigenvalue weighted by Gasteiger charge is -2.42. The van der Waals surface area contributed by atoms with Gasteiger partial charge in [-0.2, -0.15) is 0 Å². The number of cyclic esters (lactones) is 1. The van der Waals surface area contributed by atoms with E-state index in [2.05, 4.69) is 77.6 Å². The molecule has 1 unspecified atom stereocenters. The second-order valence-electron chi connectivity index (χ2n) is 20.1. The van der Waals surface area contributed by atoms with Gasteiger partial charge in [0, 0.05) is 77.7 Å². The van der Waals surface area contributed by atoms with Crippen molar-refractivity contribution in [2.24, 2.45) is 23.2 Å². The van der Waals surface area contributed by atoms with Crippen LogP contribution in [-0.2, 0) is 35.0 Å². The molecule has 2 amide bonds. The van der Waals surface area contributed by atoms with Crippen LogP contribution in [0, 0.1) is 23.2 Å². The molecule has 3 aromatic heterocycles. The van der Waals surface area contributed by atoms with Crippen molar-refractivity contribution in [3.05, 3.63) is 58.2 Å². The number of amides is 2. The van der Waals surface area contributed by atoms with Crippen LogP contribution >= 0.6 is 11.3 Å². The van der Waals surface area contributed by atoms with Gasteiger partial charge in [-0.25, -0.2) is 10.4 Å². The van der Waals surface area contributed by atoms with E-state index in [0.717, 1.165) is 77.9 Å². The molecule has 6 aliphatic rings. The second kappa shape index (κ2) is 17.0. The molecule has 14 heteroatoms. The Morgan fingerprint density at radius 2 is 1.81 bits per heavy atom. The van der Waals surface area contributed by atoms with Crippen molar-refractivity contribution < 1.29 is 28.6 Å². The Morgan fingerprint density at radius 3 is 2.54 bits per heavy atom. The number of esters is 1. The summed E-state index contributed by atoms with van der Waals surface area (Å²) in [4.78, 5) is 55.8. The van der Waals surface area contributed by atoms with Crippen LogP contribution in [0.1, 0.15) is 121 Å². The highest BCUT2D eigenvalue weighted by atomic mass is 32.1. The summed E-state index contributed by atoms with van der Waals surface area (Å²) in [5, 5.41) is 8.53. The van der Waals surface area contributed by atoms with Crippen LogP contribution in [0.4, 0.5) is 0 Å². The Kier molecular flexibility index (Phi) is 11.5. The normalized spacial score (nSPS) is 28.7. The number of hydrogen-bond acceptors (Lipinski definition) is 11. The number of thiazole rings is 1. The molecule has 2 N–H and O–H groups in total. The molecular weight excluding hydrogens is 815 g/mol. The number of fused-ring (bicyclic) bond motifs is 6. The molecule has 63 heavy (non-hydrogen) atoms. The highest BCUT2D eigenvalue weighted by molar-refractivity contribution is 7.10. The number of carbonyl (C=O) groups is 3. The van der Waals surface area contributed by atoms with Gasteiger partial charge in [0.05, 0.1) is 41.9 Å². The summed E-state index contributed by atoms with van der Waals surface area (Å²) in [7, 11) is 1.73. The van der Waals surface area contributed by atoms with Crippen molar-refractivity contribution in [2.75, 3.05) is 33.4 Å². The minimum atomic E-state index is -1.05. The van der Waals surface area contributed by atoms with E-state index in [9.17, 15) is 14.4 Å². The summed E-state index contributed by atoms with van der Waals surface area (Å²) < 4.78 is 21.7. The number of ether oxygens (including phenoxy) is 3. The Hall–Kier alpha value is -4.21. The van der Waals surface area contributed by atoms with Gasteiger partial charge in [-0.3, -0.25) is 29.3 Å². The van der Waals surface area contributed by atoms with Crippen molar-refractivity contribution in [3.63, 3.8) is 0 Å². The average Bonchev–Trinajstić information content (AvgIpc) is 3.95. The molecule has 1 aromatic carbocycles. The first-order valence-corrected chi connectivity index (χ1v) is 24.3. The fourth-order valence-corrected chi connectivity index (χ4v) is 11.6. The maximum Gasteiger partial charge on any atom is 0.324 e.